The van der Waals surface area contributed by atoms with Crippen molar-refractivity contribution in [2.24, 2.45) is 0 Å². The standard InChI is InChI=1S/C16H22N6O2/c1-10-7-12(3)22-15(19-10)13(8-17)14(21-22)5-4-6-18-16(24)20-11(2)9-23/h7,11,23H,4-6,9H2,1-3H3,(H2,18,20,24)/t11-/m0/s1. The highest BCUT2D eigenvalue weighted by atomic mass is 16.3. The molecular weight excluding hydrogens is 308 g/mol. The molecule has 0 spiro atoms. The van der Waals surface area contributed by atoms with Crippen LogP contribution in [0.4, 0.5) is 4.79 Å². The van der Waals surface area contributed by atoms with Crippen molar-refractivity contribution in [3.05, 3.63) is 28.7 Å². The molecule has 0 aliphatic carbocycles. The van der Waals surface area contributed by atoms with E-state index in [-0.39, 0.29) is 18.7 Å². The zero-order valence-electron chi connectivity index (χ0n) is 14.1. The first-order chi connectivity index (χ1) is 11.5. The van der Waals surface area contributed by atoms with Gasteiger partial charge < -0.3 is 15.7 Å². The minimum absolute atomic E-state index is 0.105. The van der Waals surface area contributed by atoms with Gasteiger partial charge in [0, 0.05) is 17.9 Å². The minimum atomic E-state index is -0.319. The molecule has 0 aliphatic heterocycles. The van der Waals surface area contributed by atoms with Crippen molar-refractivity contribution in [3.63, 3.8) is 0 Å². The minimum Gasteiger partial charge on any atom is -0.394 e. The van der Waals surface area contributed by atoms with Crippen LogP contribution in [0.3, 0.4) is 0 Å². The summed E-state index contributed by atoms with van der Waals surface area (Å²) < 4.78 is 1.68. The fraction of sp³-hybridized carbons (Fsp3) is 0.500. The second-order valence-electron chi connectivity index (χ2n) is 5.80. The van der Waals surface area contributed by atoms with E-state index in [1.807, 2.05) is 19.9 Å². The Hall–Kier alpha value is -2.66. The maximum absolute atomic E-state index is 11.6. The number of aliphatic hydroxyl groups excluding tert-OH is 1. The van der Waals surface area contributed by atoms with E-state index in [0.717, 1.165) is 11.4 Å². The van der Waals surface area contributed by atoms with Crippen LogP contribution in [0.5, 0.6) is 0 Å². The van der Waals surface area contributed by atoms with E-state index in [9.17, 15) is 10.1 Å². The third-order valence-electron chi connectivity index (χ3n) is 3.61. The Morgan fingerprint density at radius 2 is 2.25 bits per heavy atom. The number of aryl methyl sites for hydroxylation is 3. The number of aliphatic hydroxyl groups is 1. The van der Waals surface area contributed by atoms with Crippen LogP contribution >= 0.6 is 0 Å². The van der Waals surface area contributed by atoms with Gasteiger partial charge in [0.2, 0.25) is 0 Å². The number of hydrogen-bond acceptors (Lipinski definition) is 5. The quantitative estimate of drug-likeness (QED) is 0.679. The molecule has 2 heterocycles. The molecule has 0 saturated carbocycles. The summed E-state index contributed by atoms with van der Waals surface area (Å²) in [7, 11) is 0. The average Bonchev–Trinajstić information content (AvgIpc) is 2.89. The normalized spacial score (nSPS) is 12.0. The lowest BCUT2D eigenvalue weighted by Gasteiger charge is -2.11. The molecular formula is C16H22N6O2. The Bertz CT molecular complexity index is 777. The summed E-state index contributed by atoms with van der Waals surface area (Å²) in [4.78, 5) is 16.0. The molecule has 24 heavy (non-hydrogen) atoms. The Kier molecular flexibility index (Phi) is 5.71. The van der Waals surface area contributed by atoms with Gasteiger partial charge in [0.25, 0.3) is 0 Å². The SMILES string of the molecule is Cc1cc(C)n2nc(CCCNC(=O)N[C@@H](C)CO)c(C#N)c2n1. The summed E-state index contributed by atoms with van der Waals surface area (Å²) in [5, 5.41) is 28.1. The van der Waals surface area contributed by atoms with Gasteiger partial charge in [-0.1, -0.05) is 0 Å². The molecule has 2 aromatic heterocycles. The lowest BCUT2D eigenvalue weighted by molar-refractivity contribution is 0.220. The maximum atomic E-state index is 11.6. The van der Waals surface area contributed by atoms with Gasteiger partial charge in [-0.25, -0.2) is 14.3 Å². The van der Waals surface area contributed by atoms with Crippen LogP contribution < -0.4 is 10.6 Å². The van der Waals surface area contributed by atoms with E-state index in [4.69, 9.17) is 5.11 Å². The number of carbonyl (C=O) groups is 1. The number of aromatic nitrogens is 3. The van der Waals surface area contributed by atoms with Crippen LogP contribution in [0.25, 0.3) is 5.65 Å². The lowest BCUT2D eigenvalue weighted by Crippen LogP contribution is -2.42. The van der Waals surface area contributed by atoms with E-state index in [1.54, 1.807) is 11.4 Å². The van der Waals surface area contributed by atoms with Crippen molar-refractivity contribution in [1.29, 1.82) is 5.26 Å². The summed E-state index contributed by atoms with van der Waals surface area (Å²) in [6.07, 6.45) is 1.22. The Morgan fingerprint density at radius 3 is 2.92 bits per heavy atom. The highest BCUT2D eigenvalue weighted by molar-refractivity contribution is 5.74. The summed E-state index contributed by atoms with van der Waals surface area (Å²) in [6.45, 7) is 5.87. The number of nitrogens with zero attached hydrogens (tertiary/aromatic N) is 4. The second kappa shape index (κ2) is 7.75. The Balaban J connectivity index is 2.00. The fourth-order valence-electron chi connectivity index (χ4n) is 2.43. The summed E-state index contributed by atoms with van der Waals surface area (Å²) in [5.41, 5.74) is 3.52. The number of fused-ring (bicyclic) bond motifs is 1. The molecule has 0 saturated heterocycles. The maximum Gasteiger partial charge on any atom is 0.315 e. The van der Waals surface area contributed by atoms with Gasteiger partial charge in [-0.05, 0) is 39.7 Å². The second-order valence-corrected chi connectivity index (χ2v) is 5.80. The smallest absolute Gasteiger partial charge is 0.315 e. The molecule has 8 heteroatoms. The number of rotatable bonds is 6. The largest absolute Gasteiger partial charge is 0.394 e. The first-order valence-corrected chi connectivity index (χ1v) is 7.87. The number of carbonyl (C=O) groups excluding carboxylic acids is 1. The molecule has 2 rings (SSSR count). The summed E-state index contributed by atoms with van der Waals surface area (Å²) in [6, 6.07) is 3.49. The zero-order chi connectivity index (χ0) is 17.7. The third-order valence-corrected chi connectivity index (χ3v) is 3.61. The van der Waals surface area contributed by atoms with E-state index in [0.29, 0.717) is 36.3 Å². The van der Waals surface area contributed by atoms with Crippen molar-refractivity contribution >= 4 is 11.7 Å². The molecule has 2 aromatic rings. The fourth-order valence-corrected chi connectivity index (χ4v) is 2.43. The van der Waals surface area contributed by atoms with E-state index in [1.165, 1.54) is 0 Å². The first-order valence-electron chi connectivity index (χ1n) is 7.87. The zero-order valence-corrected chi connectivity index (χ0v) is 14.1. The molecule has 0 unspecified atom stereocenters. The van der Waals surface area contributed by atoms with Crippen molar-refractivity contribution in [3.8, 4) is 6.07 Å². The molecule has 8 nitrogen and oxygen atoms in total. The highest BCUT2D eigenvalue weighted by Crippen LogP contribution is 2.16. The van der Waals surface area contributed by atoms with Gasteiger partial charge in [0.15, 0.2) is 5.65 Å². The van der Waals surface area contributed by atoms with Crippen LogP contribution in [0.2, 0.25) is 0 Å². The van der Waals surface area contributed by atoms with Crippen molar-refractivity contribution in [1.82, 2.24) is 25.2 Å². The predicted molar refractivity (Wildman–Crippen MR) is 88.6 cm³/mol. The van der Waals surface area contributed by atoms with Gasteiger partial charge in [-0.3, -0.25) is 0 Å². The number of amides is 2. The van der Waals surface area contributed by atoms with Crippen LogP contribution in [-0.4, -0.2) is 44.9 Å². The molecule has 0 aliphatic rings. The van der Waals surface area contributed by atoms with E-state index < -0.39 is 0 Å². The van der Waals surface area contributed by atoms with Crippen LogP contribution in [-0.2, 0) is 6.42 Å². The molecule has 3 N–H and O–H groups in total. The molecule has 0 bridgehead atoms. The number of hydrogen-bond donors (Lipinski definition) is 3. The number of urea groups is 1. The molecule has 128 valence electrons. The van der Waals surface area contributed by atoms with E-state index in [2.05, 4.69) is 26.8 Å². The average molecular weight is 330 g/mol. The Morgan fingerprint density at radius 1 is 1.50 bits per heavy atom. The summed E-state index contributed by atoms with van der Waals surface area (Å²) in [5.74, 6) is 0. The monoisotopic (exact) mass is 330 g/mol. The van der Waals surface area contributed by atoms with Crippen LogP contribution in [0.1, 0.15) is 36.0 Å². The number of nitriles is 1. The van der Waals surface area contributed by atoms with Crippen molar-refractivity contribution in [2.75, 3.05) is 13.2 Å². The molecule has 2 amide bonds. The topological polar surface area (TPSA) is 115 Å². The molecule has 0 fully saturated rings. The highest BCUT2D eigenvalue weighted by Gasteiger charge is 2.15. The lowest BCUT2D eigenvalue weighted by atomic mass is 10.1. The van der Waals surface area contributed by atoms with Gasteiger partial charge in [0.1, 0.15) is 11.6 Å². The van der Waals surface area contributed by atoms with Crippen LogP contribution in [0, 0.1) is 25.2 Å². The van der Waals surface area contributed by atoms with Crippen molar-refractivity contribution < 1.29 is 9.90 Å². The van der Waals surface area contributed by atoms with Crippen molar-refractivity contribution in [2.45, 2.75) is 39.7 Å². The first kappa shape index (κ1) is 17.7. The molecule has 0 aromatic carbocycles. The predicted octanol–water partition coefficient (Wildman–Crippen LogP) is 0.830. The Labute approximate surface area is 140 Å². The van der Waals surface area contributed by atoms with E-state index >= 15 is 0 Å². The van der Waals surface area contributed by atoms with Crippen LogP contribution in [0.15, 0.2) is 6.07 Å². The molecule has 0 radical (unpaired) electrons. The van der Waals surface area contributed by atoms with Gasteiger partial charge in [-0.2, -0.15) is 10.4 Å². The van der Waals surface area contributed by atoms with Gasteiger partial charge in [0.05, 0.1) is 18.3 Å². The molecule has 1 atom stereocenters. The third kappa shape index (κ3) is 4.00. The van der Waals surface area contributed by atoms with Gasteiger partial charge >= 0.3 is 6.03 Å². The summed E-state index contributed by atoms with van der Waals surface area (Å²) >= 11 is 0. The number of nitrogens with one attached hydrogen (secondary N) is 2. The van der Waals surface area contributed by atoms with Gasteiger partial charge in [-0.15, -0.1) is 0 Å².